The van der Waals surface area contributed by atoms with Crippen LogP contribution in [0.25, 0.3) is 21.5 Å². The number of hydrogen-bond acceptors (Lipinski definition) is 1. The Kier molecular flexibility index (Phi) is 3.57. The Morgan fingerprint density at radius 3 is 2.14 bits per heavy atom. The van der Waals surface area contributed by atoms with Crippen molar-refractivity contribution in [2.45, 2.75) is 6.92 Å². The van der Waals surface area contributed by atoms with Crippen LogP contribution in [0.15, 0.2) is 54.6 Å². The molecule has 0 unspecified atom stereocenters. The Balaban J connectivity index is 2.18. The van der Waals surface area contributed by atoms with E-state index in [4.69, 9.17) is 0 Å². The molecular weight excluding hydrogens is 258 g/mol. The molecule has 0 bridgehead atoms. The predicted octanol–water partition coefficient (Wildman–Crippen LogP) is 3.48. The standard InChI is InChI=1S/C19H15NO/c1-14(21)20-12-6-11-19-17-9-4-2-7-15(17)13-16-8-3-5-10-18(16)19/h2-5,7-10,13H,12H2,1H3,(H,20,21). The first-order valence-electron chi connectivity index (χ1n) is 6.89. The monoisotopic (exact) mass is 273 g/mol. The molecule has 3 aromatic rings. The van der Waals surface area contributed by atoms with Crippen molar-refractivity contribution in [3.05, 3.63) is 60.2 Å². The molecule has 1 N–H and O–H groups in total. The van der Waals surface area contributed by atoms with Gasteiger partial charge in [-0.1, -0.05) is 60.4 Å². The molecular formula is C19H15NO. The number of amides is 1. The van der Waals surface area contributed by atoms with Crippen LogP contribution in [0.1, 0.15) is 12.5 Å². The molecule has 0 aliphatic rings. The number of benzene rings is 3. The molecule has 0 aromatic heterocycles. The van der Waals surface area contributed by atoms with Gasteiger partial charge in [0.25, 0.3) is 0 Å². The minimum Gasteiger partial charge on any atom is -0.345 e. The third-order valence-corrected chi connectivity index (χ3v) is 3.41. The summed E-state index contributed by atoms with van der Waals surface area (Å²) < 4.78 is 0. The summed E-state index contributed by atoms with van der Waals surface area (Å²) in [5.74, 6) is 6.19. The Morgan fingerprint density at radius 1 is 1.00 bits per heavy atom. The molecule has 0 aliphatic carbocycles. The first-order chi connectivity index (χ1) is 10.3. The van der Waals surface area contributed by atoms with Crippen LogP contribution < -0.4 is 5.32 Å². The average Bonchev–Trinajstić information content (AvgIpc) is 2.50. The van der Waals surface area contributed by atoms with E-state index in [0.717, 1.165) is 16.3 Å². The number of nitrogens with one attached hydrogen (secondary N) is 1. The molecule has 0 spiro atoms. The molecule has 0 fully saturated rings. The fourth-order valence-corrected chi connectivity index (χ4v) is 2.45. The normalized spacial score (nSPS) is 10.1. The summed E-state index contributed by atoms with van der Waals surface area (Å²) in [5, 5.41) is 7.35. The quantitative estimate of drug-likeness (QED) is 0.534. The van der Waals surface area contributed by atoms with E-state index in [-0.39, 0.29) is 5.91 Å². The van der Waals surface area contributed by atoms with E-state index in [2.05, 4.69) is 47.5 Å². The Labute approximate surface area is 123 Å². The van der Waals surface area contributed by atoms with Gasteiger partial charge in [-0.3, -0.25) is 4.79 Å². The molecule has 0 saturated heterocycles. The zero-order valence-corrected chi connectivity index (χ0v) is 11.8. The zero-order chi connectivity index (χ0) is 14.7. The van der Waals surface area contributed by atoms with Crippen LogP contribution in [0.2, 0.25) is 0 Å². The van der Waals surface area contributed by atoms with Gasteiger partial charge in [-0.15, -0.1) is 0 Å². The lowest BCUT2D eigenvalue weighted by molar-refractivity contribution is -0.118. The van der Waals surface area contributed by atoms with Crippen molar-refractivity contribution in [3.8, 4) is 11.8 Å². The van der Waals surface area contributed by atoms with Crippen molar-refractivity contribution in [1.82, 2.24) is 5.32 Å². The van der Waals surface area contributed by atoms with E-state index in [1.165, 1.54) is 17.7 Å². The summed E-state index contributed by atoms with van der Waals surface area (Å²) in [6.07, 6.45) is 0. The molecule has 0 radical (unpaired) electrons. The van der Waals surface area contributed by atoms with E-state index in [1.54, 1.807) is 0 Å². The molecule has 0 heterocycles. The maximum absolute atomic E-state index is 10.9. The molecule has 0 saturated carbocycles. The maximum Gasteiger partial charge on any atom is 0.217 e. The van der Waals surface area contributed by atoms with Gasteiger partial charge in [-0.2, -0.15) is 0 Å². The Bertz CT molecular complexity index is 830. The van der Waals surface area contributed by atoms with Crippen LogP contribution in [0.3, 0.4) is 0 Å². The molecule has 1 amide bonds. The van der Waals surface area contributed by atoms with Crippen molar-refractivity contribution in [3.63, 3.8) is 0 Å². The second-order valence-electron chi connectivity index (χ2n) is 4.91. The third-order valence-electron chi connectivity index (χ3n) is 3.41. The van der Waals surface area contributed by atoms with Crippen molar-refractivity contribution in [2.75, 3.05) is 6.54 Å². The first-order valence-corrected chi connectivity index (χ1v) is 6.89. The van der Waals surface area contributed by atoms with E-state index >= 15 is 0 Å². The van der Waals surface area contributed by atoms with E-state index < -0.39 is 0 Å². The Hall–Kier alpha value is -2.79. The van der Waals surface area contributed by atoms with Crippen LogP contribution in [0.5, 0.6) is 0 Å². The summed E-state index contributed by atoms with van der Waals surface area (Å²) in [4.78, 5) is 10.9. The summed E-state index contributed by atoms with van der Waals surface area (Å²) in [7, 11) is 0. The van der Waals surface area contributed by atoms with Crippen molar-refractivity contribution in [2.24, 2.45) is 0 Å². The van der Waals surface area contributed by atoms with E-state index in [0.29, 0.717) is 6.54 Å². The Morgan fingerprint density at radius 2 is 1.57 bits per heavy atom. The van der Waals surface area contributed by atoms with Crippen molar-refractivity contribution < 1.29 is 4.79 Å². The number of fused-ring (bicyclic) bond motifs is 2. The van der Waals surface area contributed by atoms with Gasteiger partial charge in [0, 0.05) is 12.5 Å². The van der Waals surface area contributed by atoms with E-state index in [1.807, 2.05) is 24.3 Å². The fraction of sp³-hybridized carbons (Fsp3) is 0.105. The van der Waals surface area contributed by atoms with Gasteiger partial charge in [0.15, 0.2) is 0 Å². The molecule has 0 aliphatic heterocycles. The largest absolute Gasteiger partial charge is 0.345 e. The van der Waals surface area contributed by atoms with Gasteiger partial charge in [-0.05, 0) is 27.6 Å². The number of rotatable bonds is 1. The SMILES string of the molecule is CC(=O)NCC#Cc1c2ccccc2cc2ccccc12. The lowest BCUT2D eigenvalue weighted by atomic mass is 9.97. The minimum absolute atomic E-state index is 0.0629. The lowest BCUT2D eigenvalue weighted by Gasteiger charge is -2.06. The van der Waals surface area contributed by atoms with Crippen molar-refractivity contribution >= 4 is 27.5 Å². The molecule has 0 atom stereocenters. The predicted molar refractivity (Wildman–Crippen MR) is 87.0 cm³/mol. The number of carbonyl (C=O) groups is 1. The smallest absolute Gasteiger partial charge is 0.217 e. The molecule has 2 nitrogen and oxygen atoms in total. The van der Waals surface area contributed by atoms with Gasteiger partial charge in [0.05, 0.1) is 6.54 Å². The van der Waals surface area contributed by atoms with Gasteiger partial charge in [0.2, 0.25) is 5.91 Å². The van der Waals surface area contributed by atoms with Gasteiger partial charge < -0.3 is 5.32 Å². The number of hydrogen-bond donors (Lipinski definition) is 1. The van der Waals surface area contributed by atoms with Gasteiger partial charge >= 0.3 is 0 Å². The van der Waals surface area contributed by atoms with Crippen LogP contribution in [-0.4, -0.2) is 12.5 Å². The van der Waals surface area contributed by atoms with Crippen LogP contribution in [0, 0.1) is 11.8 Å². The fourth-order valence-electron chi connectivity index (χ4n) is 2.45. The van der Waals surface area contributed by atoms with Crippen LogP contribution in [-0.2, 0) is 4.79 Å². The zero-order valence-electron chi connectivity index (χ0n) is 11.8. The maximum atomic E-state index is 10.9. The first kappa shape index (κ1) is 13.2. The highest BCUT2D eigenvalue weighted by atomic mass is 16.1. The third kappa shape index (κ3) is 2.73. The molecule has 21 heavy (non-hydrogen) atoms. The summed E-state index contributed by atoms with van der Waals surface area (Å²) in [6, 6.07) is 18.7. The topological polar surface area (TPSA) is 29.1 Å². The lowest BCUT2D eigenvalue weighted by Crippen LogP contribution is -2.19. The highest BCUT2D eigenvalue weighted by molar-refractivity contribution is 6.04. The second-order valence-corrected chi connectivity index (χ2v) is 4.91. The molecule has 102 valence electrons. The van der Waals surface area contributed by atoms with E-state index in [9.17, 15) is 4.79 Å². The second kappa shape index (κ2) is 5.68. The number of carbonyl (C=O) groups excluding carboxylic acids is 1. The summed E-state index contributed by atoms with van der Waals surface area (Å²) in [6.45, 7) is 1.86. The molecule has 2 heteroatoms. The average molecular weight is 273 g/mol. The highest BCUT2D eigenvalue weighted by Gasteiger charge is 2.04. The van der Waals surface area contributed by atoms with Gasteiger partial charge in [0.1, 0.15) is 0 Å². The highest BCUT2D eigenvalue weighted by Crippen LogP contribution is 2.27. The molecule has 3 rings (SSSR count). The minimum atomic E-state index is -0.0629. The molecule has 3 aromatic carbocycles. The van der Waals surface area contributed by atoms with Crippen LogP contribution >= 0.6 is 0 Å². The summed E-state index contributed by atoms with van der Waals surface area (Å²) in [5.41, 5.74) is 1.02. The summed E-state index contributed by atoms with van der Waals surface area (Å²) >= 11 is 0. The van der Waals surface area contributed by atoms with Crippen molar-refractivity contribution in [1.29, 1.82) is 0 Å². The van der Waals surface area contributed by atoms with Crippen LogP contribution in [0.4, 0.5) is 0 Å². The van der Waals surface area contributed by atoms with Gasteiger partial charge in [-0.25, -0.2) is 0 Å².